The molecule has 0 spiro atoms. The number of phenols is 2. The number of halogens is 3. The van der Waals surface area contributed by atoms with Crippen molar-refractivity contribution in [2.45, 2.75) is 25.2 Å². The largest absolute Gasteiger partial charge is 0.508 e. The lowest BCUT2D eigenvalue weighted by atomic mass is 10.1. The van der Waals surface area contributed by atoms with Crippen molar-refractivity contribution in [3.8, 4) is 11.5 Å². The Morgan fingerprint density at radius 3 is 2.44 bits per heavy atom. The summed E-state index contributed by atoms with van der Waals surface area (Å²) in [4.78, 5) is 0. The molecule has 0 saturated heterocycles. The number of aliphatic hydroxyl groups excluding tert-OH is 1. The van der Waals surface area contributed by atoms with Crippen LogP contribution < -0.4 is 5.32 Å². The van der Waals surface area contributed by atoms with Crippen molar-refractivity contribution < 1.29 is 28.5 Å². The van der Waals surface area contributed by atoms with Gasteiger partial charge in [-0.2, -0.15) is 13.2 Å². The zero-order valence-electron chi connectivity index (χ0n) is 9.57. The van der Waals surface area contributed by atoms with Crippen LogP contribution in [-0.2, 0) is 0 Å². The van der Waals surface area contributed by atoms with E-state index in [0.717, 1.165) is 0 Å². The van der Waals surface area contributed by atoms with E-state index in [2.05, 4.69) is 5.32 Å². The third-order valence-electron chi connectivity index (χ3n) is 2.47. The summed E-state index contributed by atoms with van der Waals surface area (Å²) in [5, 5.41) is 30.0. The van der Waals surface area contributed by atoms with E-state index in [1.165, 1.54) is 25.1 Å². The molecular weight excluding hydrogens is 251 g/mol. The first kappa shape index (κ1) is 14.6. The van der Waals surface area contributed by atoms with Crippen molar-refractivity contribution >= 4 is 0 Å². The first-order chi connectivity index (χ1) is 8.21. The van der Waals surface area contributed by atoms with Gasteiger partial charge in [-0.3, -0.25) is 0 Å². The van der Waals surface area contributed by atoms with Crippen LogP contribution in [0.3, 0.4) is 0 Å². The van der Waals surface area contributed by atoms with E-state index in [0.29, 0.717) is 0 Å². The van der Waals surface area contributed by atoms with Gasteiger partial charge >= 0.3 is 6.18 Å². The molecule has 2 unspecified atom stereocenters. The van der Waals surface area contributed by atoms with Crippen LogP contribution in [0.15, 0.2) is 18.2 Å². The molecule has 0 heterocycles. The van der Waals surface area contributed by atoms with Crippen molar-refractivity contribution in [2.24, 2.45) is 0 Å². The molecule has 102 valence electrons. The molecular formula is C11H14F3NO3. The fourth-order valence-electron chi connectivity index (χ4n) is 1.40. The molecule has 0 saturated carbocycles. The highest BCUT2D eigenvalue weighted by Crippen LogP contribution is 2.28. The second kappa shape index (κ2) is 5.45. The van der Waals surface area contributed by atoms with Crippen molar-refractivity contribution in [1.29, 1.82) is 0 Å². The van der Waals surface area contributed by atoms with Crippen molar-refractivity contribution in [2.75, 3.05) is 6.54 Å². The molecule has 0 fully saturated rings. The molecule has 2 atom stereocenters. The first-order valence-corrected chi connectivity index (χ1v) is 5.22. The number of aliphatic hydroxyl groups is 1. The predicted molar refractivity (Wildman–Crippen MR) is 58.3 cm³/mol. The van der Waals surface area contributed by atoms with Gasteiger partial charge in [0.25, 0.3) is 0 Å². The van der Waals surface area contributed by atoms with Crippen molar-refractivity contribution in [3.05, 3.63) is 23.8 Å². The zero-order chi connectivity index (χ0) is 13.9. The maximum atomic E-state index is 12.1. The molecule has 0 amide bonds. The average molecular weight is 265 g/mol. The minimum absolute atomic E-state index is 0.104. The molecule has 0 aliphatic rings. The van der Waals surface area contributed by atoms with Crippen LogP contribution >= 0.6 is 0 Å². The standard InChI is InChI=1S/C11H14F3NO3/c1-6(15-5-10(18)11(12,13)14)8-4-7(16)2-3-9(8)17/h2-4,6,10,15-18H,5H2,1H3. The van der Waals surface area contributed by atoms with Gasteiger partial charge in [0.05, 0.1) is 0 Å². The lowest BCUT2D eigenvalue weighted by molar-refractivity contribution is -0.202. The molecule has 1 rings (SSSR count). The smallest absolute Gasteiger partial charge is 0.415 e. The van der Waals surface area contributed by atoms with Crippen molar-refractivity contribution in [3.63, 3.8) is 0 Å². The van der Waals surface area contributed by atoms with Crippen molar-refractivity contribution in [1.82, 2.24) is 5.32 Å². The van der Waals surface area contributed by atoms with E-state index in [1.807, 2.05) is 0 Å². The van der Waals surface area contributed by atoms with Gasteiger partial charge in [-0.25, -0.2) is 0 Å². The Labute approximate surface area is 102 Å². The highest BCUT2D eigenvalue weighted by atomic mass is 19.4. The Morgan fingerprint density at radius 1 is 1.28 bits per heavy atom. The Balaban J connectivity index is 2.66. The highest BCUT2D eigenvalue weighted by molar-refractivity contribution is 5.40. The maximum absolute atomic E-state index is 12.1. The molecule has 7 heteroatoms. The lowest BCUT2D eigenvalue weighted by Crippen LogP contribution is -2.39. The Bertz CT molecular complexity index is 409. The summed E-state index contributed by atoms with van der Waals surface area (Å²) >= 11 is 0. The van der Waals surface area contributed by atoms with Gasteiger partial charge in [-0.15, -0.1) is 0 Å². The van der Waals surface area contributed by atoms with E-state index in [9.17, 15) is 23.4 Å². The molecule has 0 aromatic heterocycles. The van der Waals surface area contributed by atoms with Crippen LogP contribution in [0, 0.1) is 0 Å². The minimum atomic E-state index is -4.69. The summed E-state index contributed by atoms with van der Waals surface area (Å²) in [6.45, 7) is 0.817. The summed E-state index contributed by atoms with van der Waals surface area (Å²) in [6.07, 6.45) is -7.16. The third-order valence-corrected chi connectivity index (χ3v) is 2.47. The Hall–Kier alpha value is -1.47. The zero-order valence-corrected chi connectivity index (χ0v) is 9.57. The summed E-state index contributed by atoms with van der Waals surface area (Å²) in [6, 6.07) is 3.10. The van der Waals surface area contributed by atoms with E-state index in [-0.39, 0.29) is 17.1 Å². The van der Waals surface area contributed by atoms with Gasteiger partial charge in [0.2, 0.25) is 0 Å². The highest BCUT2D eigenvalue weighted by Gasteiger charge is 2.38. The van der Waals surface area contributed by atoms with Gasteiger partial charge in [0.15, 0.2) is 6.10 Å². The van der Waals surface area contributed by atoms with Gasteiger partial charge in [0, 0.05) is 18.2 Å². The SMILES string of the molecule is CC(NCC(O)C(F)(F)F)c1cc(O)ccc1O. The minimum Gasteiger partial charge on any atom is -0.508 e. The van der Waals surface area contributed by atoms with E-state index in [4.69, 9.17) is 5.11 Å². The number of benzene rings is 1. The molecule has 1 aromatic carbocycles. The van der Waals surface area contributed by atoms with Crippen LogP contribution in [0.2, 0.25) is 0 Å². The van der Waals surface area contributed by atoms with E-state index >= 15 is 0 Å². The molecule has 1 aromatic rings. The summed E-state index contributed by atoms with van der Waals surface area (Å²) in [5.41, 5.74) is 0.254. The molecule has 0 aliphatic carbocycles. The van der Waals surface area contributed by atoms with Gasteiger partial charge < -0.3 is 20.6 Å². The monoisotopic (exact) mass is 265 g/mol. The number of hydrogen-bond donors (Lipinski definition) is 4. The molecule has 0 aliphatic heterocycles. The Kier molecular flexibility index (Phi) is 4.42. The van der Waals surface area contributed by atoms with Gasteiger partial charge in [0.1, 0.15) is 11.5 Å². The summed E-state index contributed by atoms with van der Waals surface area (Å²) in [7, 11) is 0. The van der Waals surface area contributed by atoms with Crippen LogP contribution in [0.4, 0.5) is 13.2 Å². The molecule has 0 radical (unpaired) electrons. The van der Waals surface area contributed by atoms with E-state index in [1.54, 1.807) is 0 Å². The van der Waals surface area contributed by atoms with Crippen LogP contribution in [0.1, 0.15) is 18.5 Å². The van der Waals surface area contributed by atoms with Crippen LogP contribution in [0.5, 0.6) is 11.5 Å². The second-order valence-corrected chi connectivity index (χ2v) is 3.93. The first-order valence-electron chi connectivity index (χ1n) is 5.22. The molecule has 18 heavy (non-hydrogen) atoms. The van der Waals surface area contributed by atoms with Crippen LogP contribution in [0.25, 0.3) is 0 Å². The average Bonchev–Trinajstić information content (AvgIpc) is 2.27. The molecule has 4 N–H and O–H groups in total. The van der Waals surface area contributed by atoms with Crippen LogP contribution in [-0.4, -0.2) is 34.1 Å². The normalized spacial score (nSPS) is 15.4. The predicted octanol–water partition coefficient (Wildman–Crippen LogP) is 1.67. The number of hydrogen-bond acceptors (Lipinski definition) is 4. The maximum Gasteiger partial charge on any atom is 0.415 e. The quantitative estimate of drug-likeness (QED) is 0.625. The molecule has 0 bridgehead atoms. The van der Waals surface area contributed by atoms with E-state index < -0.39 is 24.9 Å². The molecule has 4 nitrogen and oxygen atoms in total. The Morgan fingerprint density at radius 2 is 1.89 bits per heavy atom. The fraction of sp³-hybridized carbons (Fsp3) is 0.455. The number of rotatable bonds is 4. The number of alkyl halides is 3. The summed E-state index contributed by atoms with van der Waals surface area (Å²) < 4.78 is 36.2. The van der Waals surface area contributed by atoms with Gasteiger partial charge in [-0.1, -0.05) is 0 Å². The number of aromatic hydroxyl groups is 2. The fourth-order valence-corrected chi connectivity index (χ4v) is 1.40. The second-order valence-electron chi connectivity index (χ2n) is 3.93. The number of phenolic OH excluding ortho intramolecular Hbond substituents is 2. The topological polar surface area (TPSA) is 72.7 Å². The number of nitrogens with one attached hydrogen (secondary N) is 1. The summed E-state index contributed by atoms with van der Waals surface area (Å²) in [5.74, 6) is -0.248. The third kappa shape index (κ3) is 3.78. The van der Waals surface area contributed by atoms with Gasteiger partial charge in [-0.05, 0) is 25.1 Å². The lowest BCUT2D eigenvalue weighted by Gasteiger charge is -2.20.